The number of hydrogen-bond acceptors (Lipinski definition) is 6. The minimum atomic E-state index is -0.717. The van der Waals surface area contributed by atoms with Crippen LogP contribution < -0.4 is 10.6 Å². The second kappa shape index (κ2) is 12.2. The predicted molar refractivity (Wildman–Crippen MR) is 111 cm³/mol. The van der Waals surface area contributed by atoms with Crippen molar-refractivity contribution < 1.29 is 28.7 Å². The molecule has 30 heavy (non-hydrogen) atoms. The lowest BCUT2D eigenvalue weighted by atomic mass is 9.99. The highest BCUT2D eigenvalue weighted by molar-refractivity contribution is 5.85. The SMILES string of the molecule is CCC(C)C(NC(=O)N1CCN(C(=O)NC(C(=O)OC)C(C)CC)CC1)C(=O)OC. The van der Waals surface area contributed by atoms with Gasteiger partial charge in [0.25, 0.3) is 0 Å². The fourth-order valence-electron chi connectivity index (χ4n) is 3.15. The van der Waals surface area contributed by atoms with Crippen LogP contribution in [0.5, 0.6) is 0 Å². The molecule has 0 saturated carbocycles. The van der Waals surface area contributed by atoms with Gasteiger partial charge in [-0.1, -0.05) is 40.5 Å². The Morgan fingerprint density at radius 2 is 1.03 bits per heavy atom. The van der Waals surface area contributed by atoms with Crippen LogP contribution in [0, 0.1) is 11.8 Å². The highest BCUT2D eigenvalue weighted by atomic mass is 16.5. The molecule has 0 aromatic heterocycles. The van der Waals surface area contributed by atoms with Crippen LogP contribution in [0.3, 0.4) is 0 Å². The maximum atomic E-state index is 12.6. The number of methoxy groups -OCH3 is 2. The van der Waals surface area contributed by atoms with Crippen LogP contribution in [0.1, 0.15) is 40.5 Å². The molecule has 0 spiro atoms. The molecule has 1 saturated heterocycles. The second-order valence-corrected chi connectivity index (χ2v) is 7.65. The molecule has 172 valence electrons. The summed E-state index contributed by atoms with van der Waals surface area (Å²) in [6.45, 7) is 8.90. The molecule has 0 bridgehead atoms. The third-order valence-corrected chi connectivity index (χ3v) is 5.75. The van der Waals surface area contributed by atoms with E-state index in [1.54, 1.807) is 9.80 Å². The highest BCUT2D eigenvalue weighted by Gasteiger charge is 2.32. The van der Waals surface area contributed by atoms with E-state index in [1.807, 2.05) is 27.7 Å². The first-order valence-corrected chi connectivity index (χ1v) is 10.5. The Balaban J connectivity index is 2.64. The third kappa shape index (κ3) is 6.77. The van der Waals surface area contributed by atoms with Crippen molar-refractivity contribution in [2.24, 2.45) is 11.8 Å². The Morgan fingerprint density at radius 3 is 1.27 bits per heavy atom. The van der Waals surface area contributed by atoms with Gasteiger partial charge in [0, 0.05) is 26.2 Å². The van der Waals surface area contributed by atoms with Crippen molar-refractivity contribution in [3.05, 3.63) is 0 Å². The zero-order valence-corrected chi connectivity index (χ0v) is 18.9. The van der Waals surface area contributed by atoms with Gasteiger partial charge in [0.2, 0.25) is 0 Å². The number of carbonyl (C=O) groups is 4. The average molecular weight is 429 g/mol. The lowest BCUT2D eigenvalue weighted by Gasteiger charge is -2.36. The molecule has 1 heterocycles. The normalized spacial score (nSPS) is 17.9. The minimum absolute atomic E-state index is 0.0655. The fourth-order valence-corrected chi connectivity index (χ4v) is 3.15. The van der Waals surface area contributed by atoms with Crippen molar-refractivity contribution in [1.29, 1.82) is 0 Å². The van der Waals surface area contributed by atoms with E-state index in [4.69, 9.17) is 9.47 Å². The van der Waals surface area contributed by atoms with Gasteiger partial charge < -0.3 is 29.9 Å². The van der Waals surface area contributed by atoms with Gasteiger partial charge in [-0.15, -0.1) is 0 Å². The summed E-state index contributed by atoms with van der Waals surface area (Å²) in [6, 6.07) is -2.16. The Hall–Kier alpha value is -2.52. The van der Waals surface area contributed by atoms with Crippen molar-refractivity contribution in [2.45, 2.75) is 52.6 Å². The van der Waals surface area contributed by atoms with E-state index in [-0.39, 0.29) is 23.9 Å². The summed E-state index contributed by atoms with van der Waals surface area (Å²) in [4.78, 5) is 52.3. The number of hydrogen-bond donors (Lipinski definition) is 2. The van der Waals surface area contributed by atoms with E-state index in [0.29, 0.717) is 39.0 Å². The molecule has 4 atom stereocenters. The van der Waals surface area contributed by atoms with E-state index < -0.39 is 24.0 Å². The number of rotatable bonds is 8. The number of carbonyl (C=O) groups excluding carboxylic acids is 4. The summed E-state index contributed by atoms with van der Waals surface area (Å²) < 4.78 is 9.59. The van der Waals surface area contributed by atoms with Gasteiger partial charge in [-0.05, 0) is 11.8 Å². The van der Waals surface area contributed by atoms with Crippen molar-refractivity contribution in [2.75, 3.05) is 40.4 Å². The Morgan fingerprint density at radius 1 is 0.733 bits per heavy atom. The molecule has 4 unspecified atom stereocenters. The zero-order chi connectivity index (χ0) is 22.8. The molecule has 0 aromatic rings. The van der Waals surface area contributed by atoms with Crippen LogP contribution >= 0.6 is 0 Å². The van der Waals surface area contributed by atoms with Crippen LogP contribution in [0.15, 0.2) is 0 Å². The van der Waals surface area contributed by atoms with Gasteiger partial charge in [-0.2, -0.15) is 0 Å². The van der Waals surface area contributed by atoms with Crippen LogP contribution in [-0.4, -0.2) is 86.3 Å². The molecule has 0 aliphatic carbocycles. The number of esters is 2. The summed E-state index contributed by atoms with van der Waals surface area (Å²) in [7, 11) is 2.59. The van der Waals surface area contributed by atoms with Gasteiger partial charge in [0.15, 0.2) is 0 Å². The highest BCUT2D eigenvalue weighted by Crippen LogP contribution is 2.12. The summed E-state index contributed by atoms with van der Waals surface area (Å²) in [6.07, 6.45) is 1.43. The molecule has 4 amide bonds. The van der Waals surface area contributed by atoms with E-state index in [9.17, 15) is 19.2 Å². The zero-order valence-electron chi connectivity index (χ0n) is 18.9. The topological polar surface area (TPSA) is 117 Å². The van der Waals surface area contributed by atoms with Gasteiger partial charge in [-0.25, -0.2) is 19.2 Å². The Bertz CT molecular complexity index is 554. The smallest absolute Gasteiger partial charge is 0.328 e. The largest absolute Gasteiger partial charge is 0.467 e. The number of ether oxygens (including phenoxy) is 2. The maximum absolute atomic E-state index is 12.6. The predicted octanol–water partition coefficient (Wildman–Crippen LogP) is 1.20. The van der Waals surface area contributed by atoms with Gasteiger partial charge in [0.1, 0.15) is 12.1 Å². The second-order valence-electron chi connectivity index (χ2n) is 7.65. The van der Waals surface area contributed by atoms with E-state index in [1.165, 1.54) is 14.2 Å². The molecule has 10 nitrogen and oxygen atoms in total. The van der Waals surface area contributed by atoms with Crippen molar-refractivity contribution in [1.82, 2.24) is 20.4 Å². The molecule has 0 radical (unpaired) electrons. The molecule has 1 rings (SSSR count). The summed E-state index contributed by atoms with van der Waals surface area (Å²) >= 11 is 0. The van der Waals surface area contributed by atoms with Crippen molar-refractivity contribution in [3.63, 3.8) is 0 Å². The monoisotopic (exact) mass is 428 g/mol. The first-order chi connectivity index (χ1) is 14.2. The maximum Gasteiger partial charge on any atom is 0.328 e. The number of urea groups is 2. The molecule has 1 aliphatic heterocycles. The quantitative estimate of drug-likeness (QED) is 0.561. The lowest BCUT2D eigenvalue weighted by Crippen LogP contribution is -2.59. The summed E-state index contributed by atoms with van der Waals surface area (Å²) in [5.41, 5.74) is 0. The van der Waals surface area contributed by atoms with Gasteiger partial charge >= 0.3 is 24.0 Å². The Kier molecular flexibility index (Phi) is 10.4. The van der Waals surface area contributed by atoms with Crippen molar-refractivity contribution >= 4 is 24.0 Å². The number of amides is 4. The van der Waals surface area contributed by atoms with Crippen LogP contribution in [0.25, 0.3) is 0 Å². The molecule has 0 aromatic carbocycles. The van der Waals surface area contributed by atoms with E-state index in [0.717, 1.165) is 0 Å². The first kappa shape index (κ1) is 25.5. The molecule has 10 heteroatoms. The Labute approximate surface area is 178 Å². The molecular weight excluding hydrogens is 392 g/mol. The lowest BCUT2D eigenvalue weighted by molar-refractivity contribution is -0.145. The van der Waals surface area contributed by atoms with Crippen LogP contribution in [0.4, 0.5) is 9.59 Å². The third-order valence-electron chi connectivity index (χ3n) is 5.75. The fraction of sp³-hybridized carbons (Fsp3) is 0.800. The molecule has 1 aliphatic rings. The molecule has 2 N–H and O–H groups in total. The van der Waals surface area contributed by atoms with Crippen molar-refractivity contribution in [3.8, 4) is 0 Å². The number of piperazine rings is 1. The average Bonchev–Trinajstić information content (AvgIpc) is 2.78. The van der Waals surface area contributed by atoms with Gasteiger partial charge in [0.05, 0.1) is 14.2 Å². The molecular formula is C20H36N4O6. The standard InChI is InChI=1S/C20H36N4O6/c1-7-13(3)15(17(25)29-5)21-19(27)23-9-11-24(12-10-23)20(28)22-16(14(4)8-2)18(26)30-6/h13-16H,7-12H2,1-6H3,(H,21,27)(H,22,28). The van der Waals surface area contributed by atoms with Gasteiger partial charge in [-0.3, -0.25) is 0 Å². The summed E-state index contributed by atoms with van der Waals surface area (Å²) in [5, 5.41) is 5.48. The number of nitrogens with zero attached hydrogens (tertiary/aromatic N) is 2. The van der Waals surface area contributed by atoms with Crippen LogP contribution in [-0.2, 0) is 19.1 Å². The summed E-state index contributed by atoms with van der Waals surface area (Å²) in [5.74, 6) is -1.09. The van der Waals surface area contributed by atoms with E-state index >= 15 is 0 Å². The first-order valence-electron chi connectivity index (χ1n) is 10.5. The molecule has 1 fully saturated rings. The van der Waals surface area contributed by atoms with Crippen LogP contribution in [0.2, 0.25) is 0 Å². The van der Waals surface area contributed by atoms with E-state index in [2.05, 4.69) is 10.6 Å². The minimum Gasteiger partial charge on any atom is -0.467 e. The number of nitrogens with one attached hydrogen (secondary N) is 2.